The maximum Gasteiger partial charge on any atom is 0.130 e. The Morgan fingerprint density at radius 1 is 1.20 bits per heavy atom. The first-order valence-electron chi connectivity index (χ1n) is 7.29. The van der Waals surface area contributed by atoms with Crippen LogP contribution in [0.5, 0.6) is 0 Å². The van der Waals surface area contributed by atoms with Gasteiger partial charge in [-0.3, -0.25) is 4.90 Å². The maximum absolute atomic E-state index is 4.45. The smallest absolute Gasteiger partial charge is 0.130 e. The third-order valence-corrected chi connectivity index (χ3v) is 4.03. The number of likely N-dealkylation sites (tertiary alicyclic amines) is 1. The molecule has 0 unspecified atom stereocenters. The molecule has 1 atom stereocenters. The molecular formula is C17H21N3. The number of hydrogen-bond donors (Lipinski definition) is 1. The van der Waals surface area contributed by atoms with Crippen LogP contribution in [0.25, 0.3) is 0 Å². The van der Waals surface area contributed by atoms with Gasteiger partial charge in [0.05, 0.1) is 0 Å². The highest BCUT2D eigenvalue weighted by molar-refractivity contribution is 5.45. The van der Waals surface area contributed by atoms with Gasteiger partial charge in [-0.05, 0) is 31.0 Å². The summed E-state index contributed by atoms with van der Waals surface area (Å²) in [5.41, 5.74) is 2.71. The van der Waals surface area contributed by atoms with Gasteiger partial charge in [0.25, 0.3) is 0 Å². The van der Waals surface area contributed by atoms with Crippen molar-refractivity contribution >= 4 is 5.82 Å². The lowest BCUT2D eigenvalue weighted by molar-refractivity contribution is 0.249. The summed E-state index contributed by atoms with van der Waals surface area (Å²) in [6.45, 7) is 2.18. The van der Waals surface area contributed by atoms with E-state index < -0.39 is 0 Å². The molecule has 2 heterocycles. The minimum atomic E-state index is 0.478. The van der Waals surface area contributed by atoms with E-state index in [2.05, 4.69) is 51.6 Å². The van der Waals surface area contributed by atoms with Crippen molar-refractivity contribution in [3.05, 3.63) is 59.8 Å². The van der Waals surface area contributed by atoms with Crippen LogP contribution in [0.15, 0.2) is 48.7 Å². The van der Waals surface area contributed by atoms with Gasteiger partial charge in [0, 0.05) is 31.4 Å². The second-order valence-corrected chi connectivity index (χ2v) is 5.31. The molecule has 1 aliphatic heterocycles. The van der Waals surface area contributed by atoms with E-state index >= 15 is 0 Å². The third-order valence-electron chi connectivity index (χ3n) is 4.03. The fraction of sp³-hybridized carbons (Fsp3) is 0.353. The van der Waals surface area contributed by atoms with Gasteiger partial charge in [-0.25, -0.2) is 4.98 Å². The molecule has 2 aromatic rings. The normalized spacial score (nSPS) is 19.1. The number of hydrogen-bond acceptors (Lipinski definition) is 3. The summed E-state index contributed by atoms with van der Waals surface area (Å²) < 4.78 is 0. The summed E-state index contributed by atoms with van der Waals surface area (Å²) in [4.78, 5) is 7.01. The molecule has 0 bridgehead atoms. The number of pyridine rings is 1. The van der Waals surface area contributed by atoms with Gasteiger partial charge < -0.3 is 5.32 Å². The van der Waals surface area contributed by atoms with Gasteiger partial charge in [0.2, 0.25) is 0 Å². The van der Waals surface area contributed by atoms with Crippen LogP contribution in [-0.4, -0.2) is 23.5 Å². The summed E-state index contributed by atoms with van der Waals surface area (Å²) in [6.07, 6.45) is 4.33. The van der Waals surface area contributed by atoms with Crippen LogP contribution in [-0.2, 0) is 6.54 Å². The zero-order valence-corrected chi connectivity index (χ0v) is 11.9. The SMILES string of the molecule is CNc1ncccc1[C@H]1CCCN1Cc1ccccc1. The minimum Gasteiger partial charge on any atom is -0.373 e. The van der Waals surface area contributed by atoms with Gasteiger partial charge >= 0.3 is 0 Å². The van der Waals surface area contributed by atoms with Crippen LogP contribution in [0.2, 0.25) is 0 Å². The monoisotopic (exact) mass is 267 g/mol. The fourth-order valence-electron chi connectivity index (χ4n) is 3.08. The number of aromatic nitrogens is 1. The molecule has 1 N–H and O–H groups in total. The molecule has 0 aliphatic carbocycles. The second kappa shape index (κ2) is 6.06. The van der Waals surface area contributed by atoms with E-state index in [0.717, 1.165) is 18.9 Å². The fourth-order valence-corrected chi connectivity index (χ4v) is 3.08. The van der Waals surface area contributed by atoms with Crippen molar-refractivity contribution in [2.75, 3.05) is 18.9 Å². The molecule has 3 nitrogen and oxygen atoms in total. The molecule has 1 fully saturated rings. The van der Waals surface area contributed by atoms with Crippen LogP contribution >= 0.6 is 0 Å². The molecule has 104 valence electrons. The molecule has 1 aromatic heterocycles. The van der Waals surface area contributed by atoms with Crippen molar-refractivity contribution in [1.82, 2.24) is 9.88 Å². The van der Waals surface area contributed by atoms with Crippen LogP contribution in [0.4, 0.5) is 5.82 Å². The molecule has 1 saturated heterocycles. The zero-order chi connectivity index (χ0) is 13.8. The largest absolute Gasteiger partial charge is 0.373 e. The van der Waals surface area contributed by atoms with E-state index in [1.807, 2.05) is 19.3 Å². The van der Waals surface area contributed by atoms with Crippen LogP contribution in [0.3, 0.4) is 0 Å². The van der Waals surface area contributed by atoms with Gasteiger partial charge in [-0.15, -0.1) is 0 Å². The maximum atomic E-state index is 4.45. The highest BCUT2D eigenvalue weighted by Gasteiger charge is 2.27. The highest BCUT2D eigenvalue weighted by atomic mass is 15.2. The Hall–Kier alpha value is -1.87. The molecule has 20 heavy (non-hydrogen) atoms. The molecule has 1 aliphatic rings. The average Bonchev–Trinajstić information content (AvgIpc) is 2.96. The number of benzene rings is 1. The van der Waals surface area contributed by atoms with E-state index in [9.17, 15) is 0 Å². The Kier molecular flexibility index (Phi) is 3.97. The molecule has 1 aromatic carbocycles. The first kappa shape index (κ1) is 13.1. The first-order chi connectivity index (χ1) is 9.88. The predicted octanol–water partition coefficient (Wildman–Crippen LogP) is 3.46. The lowest BCUT2D eigenvalue weighted by Gasteiger charge is -2.26. The van der Waals surface area contributed by atoms with E-state index in [-0.39, 0.29) is 0 Å². The van der Waals surface area contributed by atoms with E-state index in [1.165, 1.54) is 24.0 Å². The van der Waals surface area contributed by atoms with Gasteiger partial charge in [-0.1, -0.05) is 36.4 Å². The molecule has 0 saturated carbocycles. The van der Waals surface area contributed by atoms with Crippen molar-refractivity contribution in [3.63, 3.8) is 0 Å². The number of anilines is 1. The minimum absolute atomic E-state index is 0.478. The van der Waals surface area contributed by atoms with Crippen molar-refractivity contribution in [1.29, 1.82) is 0 Å². The van der Waals surface area contributed by atoms with Crippen LogP contribution < -0.4 is 5.32 Å². The van der Waals surface area contributed by atoms with Gasteiger partial charge in [0.15, 0.2) is 0 Å². The Morgan fingerprint density at radius 2 is 2.05 bits per heavy atom. The molecule has 0 spiro atoms. The third kappa shape index (κ3) is 2.68. The number of nitrogens with zero attached hydrogens (tertiary/aromatic N) is 2. The Balaban J connectivity index is 1.82. The molecule has 0 radical (unpaired) electrons. The molecule has 3 heteroatoms. The van der Waals surface area contributed by atoms with Crippen LogP contribution in [0.1, 0.15) is 30.0 Å². The summed E-state index contributed by atoms with van der Waals surface area (Å²) in [7, 11) is 1.95. The topological polar surface area (TPSA) is 28.2 Å². The Labute approximate surface area is 120 Å². The molecule has 0 amide bonds. The standard InChI is InChI=1S/C17H21N3/c1-18-17-15(9-5-11-19-17)16-10-6-12-20(16)13-14-7-3-2-4-8-14/h2-5,7-9,11,16H,6,10,12-13H2,1H3,(H,18,19)/t16-/m1/s1. The number of nitrogens with one attached hydrogen (secondary N) is 1. The number of rotatable bonds is 4. The molecule has 3 rings (SSSR count). The first-order valence-corrected chi connectivity index (χ1v) is 7.29. The quantitative estimate of drug-likeness (QED) is 0.919. The van der Waals surface area contributed by atoms with Crippen molar-refractivity contribution in [2.45, 2.75) is 25.4 Å². The van der Waals surface area contributed by atoms with Crippen molar-refractivity contribution in [2.24, 2.45) is 0 Å². The lowest BCUT2D eigenvalue weighted by Crippen LogP contribution is -2.23. The zero-order valence-electron chi connectivity index (χ0n) is 11.9. The summed E-state index contributed by atoms with van der Waals surface area (Å²) in [5.74, 6) is 1.01. The Morgan fingerprint density at radius 3 is 2.85 bits per heavy atom. The van der Waals surface area contributed by atoms with Crippen molar-refractivity contribution in [3.8, 4) is 0 Å². The van der Waals surface area contributed by atoms with E-state index in [1.54, 1.807) is 0 Å². The van der Waals surface area contributed by atoms with E-state index in [0.29, 0.717) is 6.04 Å². The summed E-state index contributed by atoms with van der Waals surface area (Å²) >= 11 is 0. The van der Waals surface area contributed by atoms with Gasteiger partial charge in [0.1, 0.15) is 5.82 Å². The second-order valence-electron chi connectivity index (χ2n) is 5.31. The Bertz CT molecular complexity index is 553. The summed E-state index contributed by atoms with van der Waals surface area (Å²) in [5, 5.41) is 3.22. The summed E-state index contributed by atoms with van der Waals surface area (Å²) in [6, 6.07) is 15.4. The average molecular weight is 267 g/mol. The van der Waals surface area contributed by atoms with Crippen LogP contribution in [0, 0.1) is 0 Å². The van der Waals surface area contributed by atoms with Crippen molar-refractivity contribution < 1.29 is 0 Å². The van der Waals surface area contributed by atoms with Gasteiger partial charge in [-0.2, -0.15) is 0 Å². The lowest BCUT2D eigenvalue weighted by atomic mass is 10.0. The van der Waals surface area contributed by atoms with E-state index in [4.69, 9.17) is 0 Å². The molecular weight excluding hydrogens is 246 g/mol. The predicted molar refractivity (Wildman–Crippen MR) is 82.6 cm³/mol. The highest BCUT2D eigenvalue weighted by Crippen LogP contribution is 2.35.